The normalized spacial score (nSPS) is 15.3. The number of pyridine rings is 1. The Morgan fingerprint density at radius 1 is 0.610 bits per heavy atom. The van der Waals surface area contributed by atoms with E-state index in [-0.39, 0.29) is 6.04 Å². The lowest BCUT2D eigenvalue weighted by molar-refractivity contribution is 1.04. The predicted molar refractivity (Wildman–Crippen MR) is 172 cm³/mol. The number of benzene rings is 6. The van der Waals surface area contributed by atoms with Crippen LogP contribution in [-0.2, 0) is 0 Å². The van der Waals surface area contributed by atoms with Gasteiger partial charge in [0, 0.05) is 16.2 Å². The molecular weight excluding hydrogens is 498 g/mol. The van der Waals surface area contributed by atoms with E-state index >= 15 is 0 Å². The minimum atomic E-state index is -0.0704. The van der Waals surface area contributed by atoms with Crippen LogP contribution < -0.4 is 0 Å². The zero-order valence-corrected chi connectivity index (χ0v) is 22.2. The van der Waals surface area contributed by atoms with Gasteiger partial charge in [-0.25, -0.2) is 4.98 Å². The maximum Gasteiger partial charge on any atom is 0.146 e. The second-order valence-corrected chi connectivity index (χ2v) is 10.8. The smallest absolute Gasteiger partial charge is 0.146 e. The lowest BCUT2D eigenvalue weighted by Gasteiger charge is -2.36. The molecule has 0 N–H and O–H groups in total. The minimum absolute atomic E-state index is 0.0704. The van der Waals surface area contributed by atoms with E-state index in [1.54, 1.807) is 0 Å². The average molecular weight is 523 g/mol. The minimum Gasteiger partial charge on any atom is -0.674 e. The van der Waals surface area contributed by atoms with Crippen LogP contribution in [0.1, 0.15) is 17.2 Å². The zero-order valence-electron chi connectivity index (χ0n) is 22.2. The first kappa shape index (κ1) is 22.4. The summed E-state index contributed by atoms with van der Waals surface area (Å²) in [4.78, 5) is 5.14. The van der Waals surface area contributed by atoms with E-state index < -0.39 is 0 Å². The van der Waals surface area contributed by atoms with Crippen molar-refractivity contribution in [3.63, 3.8) is 0 Å². The Kier molecular flexibility index (Phi) is 4.67. The van der Waals surface area contributed by atoms with Crippen LogP contribution in [0.2, 0.25) is 0 Å². The van der Waals surface area contributed by atoms with E-state index in [9.17, 15) is 0 Å². The van der Waals surface area contributed by atoms with Gasteiger partial charge in [0.15, 0.2) is 0 Å². The molecule has 0 saturated carbocycles. The first-order valence-electron chi connectivity index (χ1n) is 14.0. The Balaban J connectivity index is 1.25. The highest BCUT2D eigenvalue weighted by molar-refractivity contribution is 6.24. The van der Waals surface area contributed by atoms with Gasteiger partial charge in [-0.05, 0) is 57.4 Å². The third-order valence-corrected chi connectivity index (χ3v) is 8.48. The number of fused-ring (bicyclic) bond motifs is 11. The molecule has 0 spiro atoms. The van der Waals surface area contributed by atoms with Gasteiger partial charge < -0.3 is 5.32 Å². The highest BCUT2D eigenvalue weighted by atomic mass is 15.0. The van der Waals surface area contributed by atoms with Crippen molar-refractivity contribution in [1.82, 2.24) is 9.38 Å². The molecule has 0 bridgehead atoms. The van der Waals surface area contributed by atoms with Crippen molar-refractivity contribution in [1.29, 1.82) is 0 Å². The second kappa shape index (κ2) is 8.54. The molecule has 2 aromatic heterocycles. The molecule has 1 aliphatic heterocycles. The van der Waals surface area contributed by atoms with Crippen LogP contribution in [0.25, 0.3) is 70.9 Å². The van der Waals surface area contributed by atoms with Gasteiger partial charge in [-0.2, -0.15) is 0 Å². The molecule has 1 aliphatic rings. The molecule has 3 heterocycles. The van der Waals surface area contributed by atoms with E-state index in [1.807, 2.05) is 0 Å². The Morgan fingerprint density at radius 3 is 2.34 bits per heavy atom. The molecule has 0 saturated heterocycles. The number of allylic oxidation sites excluding steroid dienone is 2. The first-order chi connectivity index (χ1) is 20.3. The van der Waals surface area contributed by atoms with Gasteiger partial charge in [0.25, 0.3) is 0 Å². The number of imidazole rings is 1. The van der Waals surface area contributed by atoms with Crippen LogP contribution >= 0.6 is 0 Å². The lowest BCUT2D eigenvalue weighted by Crippen LogP contribution is -2.00. The van der Waals surface area contributed by atoms with Crippen LogP contribution in [0.15, 0.2) is 140 Å². The topological polar surface area (TPSA) is 31.4 Å². The highest BCUT2D eigenvalue weighted by Gasteiger charge is 2.16. The van der Waals surface area contributed by atoms with Gasteiger partial charge in [-0.3, -0.25) is 4.40 Å². The van der Waals surface area contributed by atoms with E-state index in [2.05, 4.69) is 144 Å². The van der Waals surface area contributed by atoms with Gasteiger partial charge in [0.2, 0.25) is 0 Å². The maximum atomic E-state index is 5.23. The van der Waals surface area contributed by atoms with Gasteiger partial charge in [0.05, 0.1) is 16.6 Å². The van der Waals surface area contributed by atoms with Crippen LogP contribution in [0.5, 0.6) is 0 Å². The van der Waals surface area contributed by atoms with Gasteiger partial charge in [-0.1, -0.05) is 121 Å². The quantitative estimate of drug-likeness (QED) is 0.208. The molecule has 0 radical (unpaired) electrons. The number of nitrogens with zero attached hydrogens (tertiary/aromatic N) is 3. The summed E-state index contributed by atoms with van der Waals surface area (Å²) in [5.41, 5.74) is 7.57. The van der Waals surface area contributed by atoms with Crippen molar-refractivity contribution >= 4 is 65.6 Å². The highest BCUT2D eigenvalue weighted by Crippen LogP contribution is 2.41. The molecule has 0 aliphatic carbocycles. The zero-order chi connectivity index (χ0) is 26.9. The molecule has 3 nitrogen and oxygen atoms in total. The summed E-state index contributed by atoms with van der Waals surface area (Å²) in [5, 5.41) is 13.8. The third-order valence-electron chi connectivity index (χ3n) is 8.48. The standard InChI is InChI=1S/C38H24N3/c1-2-10-26-22-27(17-16-24(26)8-1)32-13-7-14-33(39-32)28-19-20-30-36(23-28)41-35-15-6-5-12-34(35)40-38(41)31-21-18-25-9-3-4-11-29(25)37(30)31/h1-23,33H/q-1. The Labute approximate surface area is 236 Å². The van der Waals surface area contributed by atoms with Gasteiger partial charge in [-0.15, -0.1) is 5.70 Å². The van der Waals surface area contributed by atoms with Gasteiger partial charge >= 0.3 is 0 Å². The first-order valence-corrected chi connectivity index (χ1v) is 14.0. The molecule has 8 aromatic rings. The summed E-state index contributed by atoms with van der Waals surface area (Å²) in [5.74, 6) is 0. The molecule has 1 atom stereocenters. The molecule has 3 heteroatoms. The van der Waals surface area contributed by atoms with Crippen LogP contribution in [-0.4, -0.2) is 9.38 Å². The van der Waals surface area contributed by atoms with Crippen LogP contribution in [0.4, 0.5) is 0 Å². The fraction of sp³-hybridized carbons (Fsp3) is 0.0263. The van der Waals surface area contributed by atoms with E-state index in [0.717, 1.165) is 33.5 Å². The Hall–Kier alpha value is -5.41. The van der Waals surface area contributed by atoms with Crippen LogP contribution in [0.3, 0.4) is 0 Å². The van der Waals surface area contributed by atoms with Crippen molar-refractivity contribution < 1.29 is 0 Å². The van der Waals surface area contributed by atoms with Crippen LogP contribution in [0, 0.1) is 0 Å². The average Bonchev–Trinajstić information content (AvgIpc) is 3.44. The molecule has 192 valence electrons. The van der Waals surface area contributed by atoms with E-state index in [1.165, 1.54) is 43.3 Å². The molecule has 0 fully saturated rings. The molecular formula is C38H24N3-. The summed E-state index contributed by atoms with van der Waals surface area (Å²) in [6, 6.07) is 43.4. The number of hydrogen-bond donors (Lipinski definition) is 0. The Morgan fingerprint density at radius 2 is 1.39 bits per heavy atom. The Bertz CT molecular complexity index is 2410. The van der Waals surface area contributed by atoms with Crippen molar-refractivity contribution in [2.75, 3.05) is 0 Å². The number of para-hydroxylation sites is 2. The molecule has 9 rings (SSSR count). The summed E-state index contributed by atoms with van der Waals surface area (Å²) in [7, 11) is 0. The molecule has 6 aromatic carbocycles. The monoisotopic (exact) mass is 522 g/mol. The van der Waals surface area contributed by atoms with Crippen molar-refractivity contribution in [2.24, 2.45) is 0 Å². The fourth-order valence-electron chi connectivity index (χ4n) is 6.52. The van der Waals surface area contributed by atoms with Crippen molar-refractivity contribution in [3.05, 3.63) is 156 Å². The summed E-state index contributed by atoms with van der Waals surface area (Å²) >= 11 is 0. The van der Waals surface area contributed by atoms with Gasteiger partial charge in [0.1, 0.15) is 5.65 Å². The maximum absolute atomic E-state index is 5.23. The summed E-state index contributed by atoms with van der Waals surface area (Å²) < 4.78 is 2.33. The SMILES string of the molecule is C1=CC(c2ccc3c4c5ccccc5ccc4c4nc5ccccc5n4c3c2)[N-]C(c2ccc3ccccc3c2)=C1. The second-order valence-electron chi connectivity index (χ2n) is 10.8. The molecule has 1 unspecified atom stereocenters. The number of hydrogen-bond acceptors (Lipinski definition) is 1. The molecule has 0 amide bonds. The van der Waals surface area contributed by atoms with Crippen molar-refractivity contribution in [3.8, 4) is 0 Å². The van der Waals surface area contributed by atoms with E-state index in [4.69, 9.17) is 10.3 Å². The lowest BCUT2D eigenvalue weighted by atomic mass is 9.95. The number of aromatic nitrogens is 2. The number of rotatable bonds is 2. The van der Waals surface area contributed by atoms with Crippen molar-refractivity contribution in [2.45, 2.75) is 6.04 Å². The summed E-state index contributed by atoms with van der Waals surface area (Å²) in [6.45, 7) is 0. The largest absolute Gasteiger partial charge is 0.674 e. The van der Waals surface area contributed by atoms with E-state index in [0.29, 0.717) is 0 Å². The summed E-state index contributed by atoms with van der Waals surface area (Å²) in [6.07, 6.45) is 6.44. The third kappa shape index (κ3) is 3.36. The fourth-order valence-corrected chi connectivity index (χ4v) is 6.52. The molecule has 41 heavy (non-hydrogen) atoms. The predicted octanol–water partition coefficient (Wildman–Crippen LogP) is 10.1.